The first-order valence-corrected chi connectivity index (χ1v) is 2.85. The first kappa shape index (κ1) is 8.75. The van der Waals surface area contributed by atoms with Crippen LogP contribution in [0.1, 0.15) is 6.92 Å². The van der Waals surface area contributed by atoms with Crippen LogP contribution < -0.4 is 5.73 Å². The molecule has 0 spiro atoms. The van der Waals surface area contributed by atoms with Crippen molar-refractivity contribution in [3.8, 4) is 0 Å². The number of aliphatic imine (C=N–C) groups is 1. The van der Waals surface area contributed by atoms with Crippen LogP contribution >= 0.6 is 0 Å². The van der Waals surface area contributed by atoms with E-state index in [9.17, 15) is 0 Å². The van der Waals surface area contributed by atoms with E-state index in [-0.39, 0.29) is 0 Å². The molecule has 0 bridgehead atoms. The molecule has 0 heterocycles. The standard InChI is InChI=1S/C7H12N2O/c1-6(10-3)4-5-7(8)9-2/h4-5H,2,8H2,1,3H3/b6-4+,7-5-. The zero-order valence-electron chi connectivity index (χ0n) is 6.29. The molecular weight excluding hydrogens is 128 g/mol. The number of allylic oxidation sites excluding steroid dienone is 3. The van der Waals surface area contributed by atoms with Gasteiger partial charge in [0, 0.05) is 0 Å². The molecule has 0 aromatic rings. The van der Waals surface area contributed by atoms with E-state index < -0.39 is 0 Å². The van der Waals surface area contributed by atoms with Crippen molar-refractivity contribution >= 4 is 6.72 Å². The molecule has 0 aliphatic carbocycles. The lowest BCUT2D eigenvalue weighted by Crippen LogP contribution is -1.90. The first-order valence-electron chi connectivity index (χ1n) is 2.85. The number of nitrogens with two attached hydrogens (primary N) is 1. The van der Waals surface area contributed by atoms with Crippen molar-refractivity contribution in [2.75, 3.05) is 7.11 Å². The molecule has 0 radical (unpaired) electrons. The predicted molar refractivity (Wildman–Crippen MR) is 42.6 cm³/mol. The van der Waals surface area contributed by atoms with Gasteiger partial charge in [0.15, 0.2) is 0 Å². The summed E-state index contributed by atoms with van der Waals surface area (Å²) < 4.78 is 4.84. The van der Waals surface area contributed by atoms with Crippen molar-refractivity contribution in [1.29, 1.82) is 0 Å². The topological polar surface area (TPSA) is 47.6 Å². The smallest absolute Gasteiger partial charge is 0.122 e. The highest BCUT2D eigenvalue weighted by atomic mass is 16.5. The largest absolute Gasteiger partial charge is 0.501 e. The maximum Gasteiger partial charge on any atom is 0.122 e. The summed E-state index contributed by atoms with van der Waals surface area (Å²) in [5, 5.41) is 0. The molecule has 0 saturated heterocycles. The average Bonchev–Trinajstić information content (AvgIpc) is 1.99. The lowest BCUT2D eigenvalue weighted by Gasteiger charge is -1.94. The van der Waals surface area contributed by atoms with Gasteiger partial charge in [-0.15, -0.1) is 0 Å². The molecule has 3 heteroatoms. The second-order valence-corrected chi connectivity index (χ2v) is 1.73. The fourth-order valence-corrected chi connectivity index (χ4v) is 0.323. The Bertz CT molecular complexity index is 170. The van der Waals surface area contributed by atoms with Crippen LogP contribution in [0.5, 0.6) is 0 Å². The van der Waals surface area contributed by atoms with E-state index in [1.165, 1.54) is 0 Å². The number of rotatable bonds is 3. The molecule has 0 atom stereocenters. The fourth-order valence-electron chi connectivity index (χ4n) is 0.323. The summed E-state index contributed by atoms with van der Waals surface area (Å²) in [6.07, 6.45) is 3.36. The van der Waals surface area contributed by atoms with Gasteiger partial charge in [0.2, 0.25) is 0 Å². The lowest BCUT2D eigenvalue weighted by molar-refractivity contribution is 0.293. The Kier molecular flexibility index (Phi) is 4.04. The predicted octanol–water partition coefficient (Wildman–Crippen LogP) is 1.04. The fraction of sp³-hybridized carbons (Fsp3) is 0.286. The maximum atomic E-state index is 5.31. The number of ether oxygens (including phenoxy) is 1. The average molecular weight is 140 g/mol. The van der Waals surface area contributed by atoms with Gasteiger partial charge < -0.3 is 10.5 Å². The van der Waals surface area contributed by atoms with Crippen LogP contribution in [0.15, 0.2) is 28.7 Å². The molecule has 56 valence electrons. The van der Waals surface area contributed by atoms with Crippen molar-refractivity contribution in [2.45, 2.75) is 6.92 Å². The van der Waals surface area contributed by atoms with Gasteiger partial charge in [0.05, 0.1) is 12.9 Å². The van der Waals surface area contributed by atoms with E-state index in [0.717, 1.165) is 5.76 Å². The third kappa shape index (κ3) is 3.72. The van der Waals surface area contributed by atoms with E-state index in [1.54, 1.807) is 19.3 Å². The molecule has 3 nitrogen and oxygen atoms in total. The number of methoxy groups -OCH3 is 1. The molecule has 10 heavy (non-hydrogen) atoms. The Balaban J connectivity index is 4.03. The van der Waals surface area contributed by atoms with Crippen molar-refractivity contribution in [1.82, 2.24) is 0 Å². The molecule has 0 saturated carbocycles. The quantitative estimate of drug-likeness (QED) is 0.361. The Morgan fingerprint density at radius 2 is 2.20 bits per heavy atom. The van der Waals surface area contributed by atoms with E-state index in [0.29, 0.717) is 5.82 Å². The minimum atomic E-state index is 0.386. The van der Waals surface area contributed by atoms with Crippen LogP contribution in [0.25, 0.3) is 0 Å². The minimum absolute atomic E-state index is 0.386. The molecule has 0 fully saturated rings. The molecule has 0 aliphatic heterocycles. The zero-order valence-corrected chi connectivity index (χ0v) is 6.29. The van der Waals surface area contributed by atoms with Gasteiger partial charge in [0.1, 0.15) is 5.82 Å². The summed E-state index contributed by atoms with van der Waals surface area (Å²) in [7, 11) is 1.59. The highest BCUT2D eigenvalue weighted by Gasteiger charge is 1.81. The van der Waals surface area contributed by atoms with Gasteiger partial charge in [-0.05, 0) is 25.8 Å². The van der Waals surface area contributed by atoms with Crippen LogP contribution in [0, 0.1) is 0 Å². The van der Waals surface area contributed by atoms with E-state index in [1.807, 2.05) is 6.92 Å². The number of hydrogen-bond acceptors (Lipinski definition) is 3. The molecule has 0 aliphatic rings. The summed E-state index contributed by atoms with van der Waals surface area (Å²) >= 11 is 0. The number of nitrogens with zero attached hydrogens (tertiary/aromatic N) is 1. The summed E-state index contributed by atoms with van der Waals surface area (Å²) in [6, 6.07) is 0. The normalized spacial score (nSPS) is 13.0. The molecule has 2 N–H and O–H groups in total. The Labute approximate surface area is 60.9 Å². The molecular formula is C7H12N2O. The van der Waals surface area contributed by atoms with Gasteiger partial charge >= 0.3 is 0 Å². The van der Waals surface area contributed by atoms with Gasteiger partial charge in [-0.3, -0.25) is 0 Å². The summed E-state index contributed by atoms with van der Waals surface area (Å²) in [5.41, 5.74) is 5.31. The van der Waals surface area contributed by atoms with E-state index >= 15 is 0 Å². The zero-order chi connectivity index (χ0) is 7.98. The minimum Gasteiger partial charge on any atom is -0.501 e. The summed E-state index contributed by atoms with van der Waals surface area (Å²) in [4.78, 5) is 3.48. The summed E-state index contributed by atoms with van der Waals surface area (Å²) in [6.45, 7) is 5.08. The Morgan fingerprint density at radius 1 is 1.60 bits per heavy atom. The highest BCUT2D eigenvalue weighted by Crippen LogP contribution is 1.94. The second kappa shape index (κ2) is 4.61. The highest BCUT2D eigenvalue weighted by molar-refractivity contribution is 5.29. The van der Waals surface area contributed by atoms with Gasteiger partial charge in [0.25, 0.3) is 0 Å². The second-order valence-electron chi connectivity index (χ2n) is 1.73. The van der Waals surface area contributed by atoms with Crippen molar-refractivity contribution in [2.24, 2.45) is 10.7 Å². The SMILES string of the molecule is C=N/C(N)=C\C=C(/C)OC. The van der Waals surface area contributed by atoms with Gasteiger partial charge in [-0.2, -0.15) is 0 Å². The van der Waals surface area contributed by atoms with Gasteiger partial charge in [-0.1, -0.05) is 0 Å². The molecule has 0 unspecified atom stereocenters. The molecule has 0 amide bonds. The molecule has 0 rings (SSSR count). The Hall–Kier alpha value is -1.25. The molecule has 0 aromatic carbocycles. The van der Waals surface area contributed by atoms with Crippen LogP contribution in [0.4, 0.5) is 0 Å². The Morgan fingerprint density at radius 3 is 2.60 bits per heavy atom. The van der Waals surface area contributed by atoms with Crippen molar-refractivity contribution in [3.63, 3.8) is 0 Å². The van der Waals surface area contributed by atoms with Crippen LogP contribution in [0.2, 0.25) is 0 Å². The third-order valence-corrected chi connectivity index (χ3v) is 0.993. The van der Waals surface area contributed by atoms with Gasteiger partial charge in [-0.25, -0.2) is 4.99 Å². The third-order valence-electron chi connectivity index (χ3n) is 0.993. The van der Waals surface area contributed by atoms with Crippen LogP contribution in [-0.2, 0) is 4.74 Å². The monoisotopic (exact) mass is 140 g/mol. The van der Waals surface area contributed by atoms with Crippen molar-refractivity contribution < 1.29 is 4.74 Å². The van der Waals surface area contributed by atoms with E-state index in [4.69, 9.17) is 10.5 Å². The van der Waals surface area contributed by atoms with Crippen LogP contribution in [-0.4, -0.2) is 13.8 Å². The maximum absolute atomic E-state index is 5.31. The number of hydrogen-bond donors (Lipinski definition) is 1. The first-order chi connectivity index (χ1) is 4.70. The molecule has 0 aromatic heterocycles. The van der Waals surface area contributed by atoms with Crippen LogP contribution in [0.3, 0.4) is 0 Å². The van der Waals surface area contributed by atoms with E-state index in [2.05, 4.69) is 11.7 Å². The van der Waals surface area contributed by atoms with Crippen molar-refractivity contribution in [3.05, 3.63) is 23.7 Å². The lowest BCUT2D eigenvalue weighted by atomic mass is 10.4. The summed E-state index contributed by atoms with van der Waals surface area (Å²) in [5.74, 6) is 1.17.